The maximum Gasteiger partial charge on any atom is 0.449 e. The van der Waals surface area contributed by atoms with Crippen molar-refractivity contribution in [3.05, 3.63) is 87.3 Å². The molecule has 1 spiro atoms. The molecule has 2 aromatic carbocycles. The van der Waals surface area contributed by atoms with Gasteiger partial charge in [-0.3, -0.25) is 4.79 Å². The largest absolute Gasteiger partial charge is 0.455 e. The number of halogens is 4. The number of benzene rings is 2. The van der Waals surface area contributed by atoms with Crippen molar-refractivity contribution in [1.29, 1.82) is 0 Å². The standard InChI is InChI=1S/C23H17BrF3NO2/c24-15-8-7-14-4-3-11-22(18(14)12-15)17-5-1-2-6-19(17)28(21(22)29)13-16-9-10-20(30-16)23(25,26)27/h1-2,5-10,12H,3-4,11,13H2. The van der Waals surface area contributed by atoms with Gasteiger partial charge in [0, 0.05) is 10.2 Å². The number of para-hydroxylation sites is 1. The molecular weight excluding hydrogens is 459 g/mol. The van der Waals surface area contributed by atoms with Crippen LogP contribution in [0.5, 0.6) is 0 Å². The summed E-state index contributed by atoms with van der Waals surface area (Å²) >= 11 is 3.52. The summed E-state index contributed by atoms with van der Waals surface area (Å²) in [6.07, 6.45) is -2.13. The second-order valence-corrected chi connectivity index (χ2v) is 8.65. The number of hydrogen-bond donors (Lipinski definition) is 0. The molecule has 0 radical (unpaired) electrons. The normalized spacial score (nSPS) is 20.5. The summed E-state index contributed by atoms with van der Waals surface area (Å²) in [6, 6.07) is 15.8. The first kappa shape index (κ1) is 19.4. The van der Waals surface area contributed by atoms with E-state index in [0.717, 1.165) is 45.8 Å². The molecular formula is C23H17BrF3NO2. The molecule has 0 fully saturated rings. The fraction of sp³-hybridized carbons (Fsp3) is 0.261. The highest BCUT2D eigenvalue weighted by molar-refractivity contribution is 9.10. The predicted octanol–water partition coefficient (Wildman–Crippen LogP) is 6.23. The number of alkyl halides is 3. The van der Waals surface area contributed by atoms with Gasteiger partial charge >= 0.3 is 6.18 Å². The van der Waals surface area contributed by atoms with Gasteiger partial charge in [0.1, 0.15) is 11.2 Å². The smallest absolute Gasteiger partial charge is 0.449 e. The summed E-state index contributed by atoms with van der Waals surface area (Å²) in [4.78, 5) is 15.4. The molecule has 5 rings (SSSR count). The van der Waals surface area contributed by atoms with E-state index in [1.165, 1.54) is 6.07 Å². The molecule has 1 unspecified atom stereocenters. The Morgan fingerprint density at radius 3 is 2.63 bits per heavy atom. The fourth-order valence-corrected chi connectivity index (χ4v) is 5.16. The summed E-state index contributed by atoms with van der Waals surface area (Å²) in [5, 5.41) is 0. The van der Waals surface area contributed by atoms with Crippen LogP contribution >= 0.6 is 15.9 Å². The van der Waals surface area contributed by atoms with E-state index in [0.29, 0.717) is 6.42 Å². The Labute approximate surface area is 179 Å². The molecule has 1 atom stereocenters. The lowest BCUT2D eigenvalue weighted by molar-refractivity contribution is -0.153. The Kier molecular flexibility index (Phi) is 4.36. The van der Waals surface area contributed by atoms with E-state index in [-0.39, 0.29) is 18.2 Å². The van der Waals surface area contributed by atoms with Crippen LogP contribution in [0.1, 0.15) is 41.1 Å². The van der Waals surface area contributed by atoms with Gasteiger partial charge in [-0.05, 0) is 66.3 Å². The maximum atomic E-state index is 13.9. The lowest BCUT2D eigenvalue weighted by Gasteiger charge is -2.35. The van der Waals surface area contributed by atoms with E-state index in [9.17, 15) is 18.0 Å². The van der Waals surface area contributed by atoms with Gasteiger partial charge < -0.3 is 9.32 Å². The zero-order valence-corrected chi connectivity index (χ0v) is 17.4. The highest BCUT2D eigenvalue weighted by Gasteiger charge is 2.53. The second kappa shape index (κ2) is 6.74. The average molecular weight is 476 g/mol. The minimum Gasteiger partial charge on any atom is -0.455 e. The van der Waals surface area contributed by atoms with Crippen LogP contribution in [0, 0.1) is 0 Å². The molecule has 7 heteroatoms. The number of carbonyl (C=O) groups is 1. The number of rotatable bonds is 2. The molecule has 3 nitrogen and oxygen atoms in total. The molecule has 1 aromatic heterocycles. The molecule has 2 heterocycles. The van der Waals surface area contributed by atoms with Crippen molar-refractivity contribution >= 4 is 27.5 Å². The summed E-state index contributed by atoms with van der Waals surface area (Å²) in [6.45, 7) is -0.0446. The number of anilines is 1. The van der Waals surface area contributed by atoms with E-state index < -0.39 is 17.4 Å². The van der Waals surface area contributed by atoms with Gasteiger partial charge in [0.25, 0.3) is 0 Å². The highest BCUT2D eigenvalue weighted by atomic mass is 79.9. The number of nitrogens with zero attached hydrogens (tertiary/aromatic N) is 1. The number of aryl methyl sites for hydroxylation is 1. The van der Waals surface area contributed by atoms with Gasteiger partial charge in [0.2, 0.25) is 11.7 Å². The van der Waals surface area contributed by atoms with Crippen molar-refractivity contribution in [2.75, 3.05) is 4.90 Å². The molecule has 1 aliphatic heterocycles. The first-order chi connectivity index (χ1) is 14.3. The van der Waals surface area contributed by atoms with Crippen molar-refractivity contribution in [2.24, 2.45) is 0 Å². The minimum atomic E-state index is -4.55. The third-order valence-corrected chi connectivity index (χ3v) is 6.54. The summed E-state index contributed by atoms with van der Waals surface area (Å²) in [7, 11) is 0. The predicted molar refractivity (Wildman–Crippen MR) is 109 cm³/mol. The average Bonchev–Trinajstić information content (AvgIpc) is 3.28. The quantitative estimate of drug-likeness (QED) is 0.440. The highest BCUT2D eigenvalue weighted by Crippen LogP contribution is 2.52. The topological polar surface area (TPSA) is 33.5 Å². The summed E-state index contributed by atoms with van der Waals surface area (Å²) in [5.74, 6) is -1.07. The Bertz CT molecular complexity index is 1150. The number of furan rings is 1. The van der Waals surface area contributed by atoms with E-state index in [4.69, 9.17) is 4.42 Å². The van der Waals surface area contributed by atoms with E-state index in [2.05, 4.69) is 15.9 Å². The van der Waals surface area contributed by atoms with Gasteiger partial charge in [0.05, 0.1) is 6.54 Å². The second-order valence-electron chi connectivity index (χ2n) is 7.73. The minimum absolute atomic E-state index is 0.0446. The van der Waals surface area contributed by atoms with E-state index in [1.54, 1.807) is 4.90 Å². The van der Waals surface area contributed by atoms with Gasteiger partial charge in [-0.2, -0.15) is 13.2 Å². The SMILES string of the molecule is O=C1N(Cc2ccc(C(F)(F)F)o2)c2ccccc2C12CCCc1ccc(Br)cc12. The van der Waals surface area contributed by atoms with Crippen molar-refractivity contribution in [3.8, 4) is 0 Å². The van der Waals surface area contributed by atoms with Gasteiger partial charge in [-0.15, -0.1) is 0 Å². The van der Waals surface area contributed by atoms with Crippen LogP contribution in [0.4, 0.5) is 18.9 Å². The number of carbonyl (C=O) groups excluding carboxylic acids is 1. The van der Waals surface area contributed by atoms with Crippen LogP contribution in [0.3, 0.4) is 0 Å². The lowest BCUT2D eigenvalue weighted by atomic mass is 9.66. The van der Waals surface area contributed by atoms with Crippen molar-refractivity contribution in [1.82, 2.24) is 0 Å². The van der Waals surface area contributed by atoms with Crippen molar-refractivity contribution in [3.63, 3.8) is 0 Å². The molecule has 0 N–H and O–H groups in total. The van der Waals surface area contributed by atoms with Crippen LogP contribution in [-0.4, -0.2) is 5.91 Å². The zero-order valence-electron chi connectivity index (χ0n) is 15.8. The molecule has 30 heavy (non-hydrogen) atoms. The van der Waals surface area contributed by atoms with E-state index in [1.807, 2.05) is 42.5 Å². The first-order valence-electron chi connectivity index (χ1n) is 9.67. The Hall–Kier alpha value is -2.54. The van der Waals surface area contributed by atoms with Gasteiger partial charge in [-0.1, -0.05) is 40.2 Å². The monoisotopic (exact) mass is 475 g/mol. The molecule has 3 aromatic rings. The first-order valence-corrected chi connectivity index (χ1v) is 10.5. The van der Waals surface area contributed by atoms with E-state index >= 15 is 0 Å². The Morgan fingerprint density at radius 1 is 1.07 bits per heavy atom. The van der Waals surface area contributed by atoms with Crippen LogP contribution in [0.15, 0.2) is 63.5 Å². The molecule has 0 saturated carbocycles. The Morgan fingerprint density at radius 2 is 1.87 bits per heavy atom. The molecule has 0 saturated heterocycles. The van der Waals surface area contributed by atoms with Crippen molar-refractivity contribution < 1.29 is 22.4 Å². The van der Waals surface area contributed by atoms with Gasteiger partial charge in [0.15, 0.2) is 0 Å². The van der Waals surface area contributed by atoms with Crippen LogP contribution in [0.25, 0.3) is 0 Å². The molecule has 154 valence electrons. The molecule has 1 amide bonds. The van der Waals surface area contributed by atoms with Crippen LogP contribution < -0.4 is 4.90 Å². The molecule has 1 aliphatic carbocycles. The van der Waals surface area contributed by atoms with Crippen molar-refractivity contribution in [2.45, 2.75) is 37.4 Å². The Balaban J connectivity index is 1.62. The zero-order chi connectivity index (χ0) is 21.1. The number of hydrogen-bond acceptors (Lipinski definition) is 2. The third kappa shape index (κ3) is 2.82. The summed E-state index contributed by atoms with van der Waals surface area (Å²) in [5.41, 5.74) is 2.90. The van der Waals surface area contributed by atoms with Crippen LogP contribution in [-0.2, 0) is 29.4 Å². The molecule has 2 aliphatic rings. The molecule has 0 bridgehead atoms. The third-order valence-electron chi connectivity index (χ3n) is 6.05. The summed E-state index contributed by atoms with van der Waals surface area (Å²) < 4.78 is 44.7. The lowest BCUT2D eigenvalue weighted by Crippen LogP contribution is -2.43. The number of fused-ring (bicyclic) bond motifs is 4. The fourth-order valence-electron chi connectivity index (χ4n) is 4.80. The van der Waals surface area contributed by atoms with Crippen LogP contribution in [0.2, 0.25) is 0 Å². The maximum absolute atomic E-state index is 13.9. The number of amides is 1. The van der Waals surface area contributed by atoms with Gasteiger partial charge in [-0.25, -0.2) is 0 Å².